The highest BCUT2D eigenvalue weighted by atomic mass is 16.3. The molecule has 0 saturated heterocycles. The van der Waals surface area contributed by atoms with Crippen LogP contribution in [0.15, 0.2) is 24.9 Å². The zero-order chi connectivity index (χ0) is 5.86. The largest absolute Gasteiger partial charge is 0.247 e. The average molecular weight is 98.1 g/mol. The summed E-state index contributed by atoms with van der Waals surface area (Å²) in [6.45, 7) is 6.71. The Morgan fingerprint density at radius 2 is 2.29 bits per heavy atom. The van der Waals surface area contributed by atoms with Crippen LogP contribution in [0, 0.1) is 4.91 Å². The van der Waals surface area contributed by atoms with Gasteiger partial charge in [-0.05, 0) is 6.58 Å². The van der Waals surface area contributed by atoms with E-state index in [1.54, 1.807) is 0 Å². The maximum absolute atomic E-state index is 10.1. The average Bonchev–Trinajstić information content (AvgIpc) is 1.65. The van der Waals surface area contributed by atoms with E-state index in [2.05, 4.69) is 13.2 Å². The van der Waals surface area contributed by atoms with Gasteiger partial charge in [-0.2, -0.15) is 0 Å². The molecule has 0 rings (SSSR count). The van der Waals surface area contributed by atoms with Crippen molar-refractivity contribution in [1.82, 2.24) is 0 Å². The van der Waals surface area contributed by atoms with Gasteiger partial charge >= 0.3 is 0 Å². The van der Waals surface area contributed by atoms with Crippen LogP contribution < -0.4 is 0 Å². The van der Waals surface area contributed by atoms with E-state index in [1.807, 2.05) is 0 Å². The monoisotopic (exact) mass is 98.1 g/mol. The van der Waals surface area contributed by atoms with Gasteiger partial charge < -0.3 is 0 Å². The summed E-state index contributed by atoms with van der Waals surface area (Å²) < 4.78 is 0.660. The molecule has 0 N–H and O–H groups in total. The van der Waals surface area contributed by atoms with Crippen molar-refractivity contribution in [1.29, 1.82) is 0 Å². The zero-order valence-electron chi connectivity index (χ0n) is 4.35. The molecular formula is C5H8NO+. The Morgan fingerprint density at radius 1 is 1.86 bits per heavy atom. The fraction of sp³-hybridized carbons (Fsp3) is 0.200. The highest BCUT2D eigenvalue weighted by Gasteiger charge is 1.97. The van der Waals surface area contributed by atoms with Gasteiger partial charge in [0.15, 0.2) is 7.05 Å². The van der Waals surface area contributed by atoms with Gasteiger partial charge in [0, 0.05) is 15.7 Å². The molecule has 0 heterocycles. The molecule has 0 aliphatic rings. The molecule has 0 unspecified atom stereocenters. The van der Waals surface area contributed by atoms with E-state index in [0.29, 0.717) is 10.5 Å². The molecule has 0 aromatic heterocycles. The minimum Gasteiger partial charge on any atom is -0.0923 e. The predicted molar refractivity (Wildman–Crippen MR) is 28.9 cm³/mol. The second-order valence-electron chi connectivity index (χ2n) is 1.19. The molecule has 0 aromatic rings. The van der Waals surface area contributed by atoms with Crippen LogP contribution in [0.25, 0.3) is 0 Å². The van der Waals surface area contributed by atoms with Crippen LogP contribution in [0.3, 0.4) is 0 Å². The third-order valence-electron chi connectivity index (χ3n) is 0.640. The molecule has 2 heteroatoms. The van der Waals surface area contributed by atoms with Gasteiger partial charge in [-0.25, -0.2) is 0 Å². The summed E-state index contributed by atoms with van der Waals surface area (Å²) in [6, 6.07) is 0. The highest BCUT2D eigenvalue weighted by molar-refractivity contribution is 4.99. The third-order valence-corrected chi connectivity index (χ3v) is 0.640. The van der Waals surface area contributed by atoms with Gasteiger partial charge in [0.1, 0.15) is 0 Å². The fourth-order valence-corrected chi connectivity index (χ4v) is 0.129. The molecule has 0 aliphatic heterocycles. The standard InChI is InChI=1S/C5H8NO/c1-4-5(2)6(3)7/h4H,1-2H2,3H3/q+1. The molecule has 7 heavy (non-hydrogen) atoms. The second-order valence-corrected chi connectivity index (χ2v) is 1.19. The molecule has 0 aromatic carbocycles. The Bertz CT molecular complexity index is 115. The summed E-state index contributed by atoms with van der Waals surface area (Å²) in [4.78, 5) is 10.1. The molecule has 0 bridgehead atoms. The molecule has 0 amide bonds. The van der Waals surface area contributed by atoms with Crippen LogP contribution >= 0.6 is 0 Å². The van der Waals surface area contributed by atoms with Crippen LogP contribution in [0.1, 0.15) is 0 Å². The van der Waals surface area contributed by atoms with Gasteiger partial charge in [-0.1, -0.05) is 6.58 Å². The van der Waals surface area contributed by atoms with Crippen molar-refractivity contribution in [2.45, 2.75) is 0 Å². The Balaban J connectivity index is 3.81. The Morgan fingerprint density at radius 3 is 2.29 bits per heavy atom. The first kappa shape index (κ1) is 6.08. The van der Waals surface area contributed by atoms with E-state index in [4.69, 9.17) is 0 Å². The minimum atomic E-state index is 0.389. The lowest BCUT2D eigenvalue weighted by Crippen LogP contribution is -1.93. The SMILES string of the molecule is C=CC(=C)[N+](C)=O. The first-order valence-corrected chi connectivity index (χ1v) is 1.90. The summed E-state index contributed by atoms with van der Waals surface area (Å²) in [5, 5.41) is 0. The van der Waals surface area contributed by atoms with Gasteiger partial charge in [0.2, 0.25) is 5.70 Å². The highest BCUT2D eigenvalue weighted by Crippen LogP contribution is 1.86. The van der Waals surface area contributed by atoms with E-state index in [0.717, 1.165) is 0 Å². The van der Waals surface area contributed by atoms with Crippen molar-refractivity contribution < 1.29 is 4.76 Å². The number of rotatable bonds is 2. The molecule has 0 atom stereocenters. The Hall–Kier alpha value is -0.920. The summed E-state index contributed by atoms with van der Waals surface area (Å²) >= 11 is 0. The van der Waals surface area contributed by atoms with Crippen LogP contribution in [0.4, 0.5) is 0 Å². The lowest BCUT2D eigenvalue weighted by molar-refractivity contribution is -0.460. The van der Waals surface area contributed by atoms with Gasteiger partial charge in [0.25, 0.3) is 0 Å². The number of likely N-dealkylation sites (N-methyl/N-ethyl adjacent to an activating group) is 1. The van der Waals surface area contributed by atoms with Crippen LogP contribution in [-0.2, 0) is 0 Å². The Kier molecular flexibility index (Phi) is 1.99. The van der Waals surface area contributed by atoms with E-state index in [1.165, 1.54) is 13.1 Å². The van der Waals surface area contributed by atoms with Crippen molar-refractivity contribution in [3.63, 3.8) is 0 Å². The topological polar surface area (TPSA) is 20.1 Å². The molecule has 0 aliphatic carbocycles. The van der Waals surface area contributed by atoms with E-state index in [-0.39, 0.29) is 0 Å². The second kappa shape index (κ2) is 2.29. The normalized spacial score (nSPS) is 7.57. The van der Waals surface area contributed by atoms with Crippen molar-refractivity contribution in [2.75, 3.05) is 7.05 Å². The Labute approximate surface area is 42.7 Å². The molecule has 0 spiro atoms. The number of nitroso groups, excluding NO2 is 1. The number of nitrogens with zero attached hydrogens (tertiary/aromatic N) is 1. The van der Waals surface area contributed by atoms with E-state index >= 15 is 0 Å². The van der Waals surface area contributed by atoms with Crippen LogP contribution in [0.2, 0.25) is 0 Å². The number of hydrogen-bond donors (Lipinski definition) is 0. The van der Waals surface area contributed by atoms with Crippen LogP contribution in [-0.4, -0.2) is 11.8 Å². The van der Waals surface area contributed by atoms with Crippen molar-refractivity contribution >= 4 is 0 Å². The summed E-state index contributed by atoms with van der Waals surface area (Å²) in [5.41, 5.74) is 0.389. The predicted octanol–water partition coefficient (Wildman–Crippen LogP) is 1.09. The van der Waals surface area contributed by atoms with Gasteiger partial charge in [0.05, 0.1) is 0 Å². The molecule has 0 fully saturated rings. The lowest BCUT2D eigenvalue weighted by Gasteiger charge is -1.75. The molecule has 0 radical (unpaired) electrons. The van der Waals surface area contributed by atoms with Crippen molar-refractivity contribution in [3.05, 3.63) is 29.8 Å². The van der Waals surface area contributed by atoms with E-state index in [9.17, 15) is 4.91 Å². The van der Waals surface area contributed by atoms with Crippen molar-refractivity contribution in [2.24, 2.45) is 0 Å². The minimum absolute atomic E-state index is 0.389. The van der Waals surface area contributed by atoms with Gasteiger partial charge in [-0.15, -0.1) is 0 Å². The van der Waals surface area contributed by atoms with Crippen LogP contribution in [0.5, 0.6) is 0 Å². The molecule has 2 nitrogen and oxygen atoms in total. The molecular weight excluding hydrogens is 90.1 g/mol. The summed E-state index contributed by atoms with van der Waals surface area (Å²) in [7, 11) is 1.38. The summed E-state index contributed by atoms with van der Waals surface area (Å²) in [5.74, 6) is 0. The maximum atomic E-state index is 10.1. The number of allylic oxidation sites excluding steroid dienone is 1. The zero-order valence-corrected chi connectivity index (χ0v) is 4.35. The number of hydrogen-bond acceptors (Lipinski definition) is 1. The maximum Gasteiger partial charge on any atom is 0.247 e. The van der Waals surface area contributed by atoms with Crippen molar-refractivity contribution in [3.8, 4) is 0 Å². The lowest BCUT2D eigenvalue weighted by atomic mass is 10.5. The fourth-order valence-electron chi connectivity index (χ4n) is 0.129. The first-order chi connectivity index (χ1) is 3.18. The van der Waals surface area contributed by atoms with Gasteiger partial charge in [-0.3, -0.25) is 0 Å². The van der Waals surface area contributed by atoms with E-state index < -0.39 is 0 Å². The summed E-state index contributed by atoms with van der Waals surface area (Å²) in [6.07, 6.45) is 1.41. The quantitative estimate of drug-likeness (QED) is 0.374. The third kappa shape index (κ3) is 1.87. The molecule has 38 valence electrons. The smallest absolute Gasteiger partial charge is 0.0923 e. The molecule has 0 saturated carbocycles. The first-order valence-electron chi connectivity index (χ1n) is 1.90.